The van der Waals surface area contributed by atoms with Gasteiger partial charge in [0.25, 0.3) is 0 Å². The van der Waals surface area contributed by atoms with Gasteiger partial charge in [0, 0.05) is 18.6 Å². The summed E-state index contributed by atoms with van der Waals surface area (Å²) in [6, 6.07) is 3.95. The quantitative estimate of drug-likeness (QED) is 0.867. The summed E-state index contributed by atoms with van der Waals surface area (Å²) in [6.07, 6.45) is 13.2. The van der Waals surface area contributed by atoms with Crippen LogP contribution in [0.5, 0.6) is 0 Å². The predicted molar refractivity (Wildman–Crippen MR) is 83.8 cm³/mol. The van der Waals surface area contributed by atoms with Crippen LogP contribution in [0.15, 0.2) is 0 Å². The van der Waals surface area contributed by atoms with Gasteiger partial charge < -0.3 is 0 Å². The first-order valence-electron chi connectivity index (χ1n) is 9.21. The maximum atomic E-state index is 9.67. The average Bonchev–Trinajstić information content (AvgIpc) is 3.24. The van der Waals surface area contributed by atoms with E-state index < -0.39 is 0 Å². The first kappa shape index (κ1) is 14.0. The first-order chi connectivity index (χ1) is 10.3. The summed E-state index contributed by atoms with van der Waals surface area (Å²) in [6.45, 7) is 2.61. The molecule has 3 nitrogen and oxygen atoms in total. The third-order valence-electron chi connectivity index (χ3n) is 6.60. The lowest BCUT2D eigenvalue weighted by molar-refractivity contribution is 0.0568. The van der Waals surface area contributed by atoms with E-state index in [0.29, 0.717) is 12.1 Å². The third-order valence-corrected chi connectivity index (χ3v) is 6.60. The second-order valence-corrected chi connectivity index (χ2v) is 8.10. The number of nitrogens with zero attached hydrogens (tertiary/aromatic N) is 2. The van der Waals surface area contributed by atoms with Crippen molar-refractivity contribution in [2.45, 2.75) is 81.8 Å². The van der Waals surface area contributed by atoms with Crippen molar-refractivity contribution in [1.82, 2.24) is 10.2 Å². The highest BCUT2D eigenvalue weighted by Crippen LogP contribution is 2.41. The largest absolute Gasteiger partial charge is 0.300 e. The Labute approximate surface area is 129 Å². The fourth-order valence-electron chi connectivity index (χ4n) is 5.18. The average molecular weight is 287 g/mol. The molecule has 0 aromatic carbocycles. The molecule has 0 spiro atoms. The Hall–Kier alpha value is -0.590. The van der Waals surface area contributed by atoms with Crippen molar-refractivity contribution in [2.75, 3.05) is 13.1 Å². The zero-order chi connectivity index (χ0) is 14.3. The van der Waals surface area contributed by atoms with E-state index in [2.05, 4.69) is 16.3 Å². The van der Waals surface area contributed by atoms with E-state index in [-0.39, 0.29) is 5.54 Å². The summed E-state index contributed by atoms with van der Waals surface area (Å²) in [5, 5.41) is 13.3. The highest BCUT2D eigenvalue weighted by molar-refractivity contribution is 5.15. The lowest BCUT2D eigenvalue weighted by Gasteiger charge is -2.44. The normalized spacial score (nSPS) is 44.2. The van der Waals surface area contributed by atoms with E-state index in [1.807, 2.05) is 0 Å². The molecule has 1 heterocycles. The fraction of sp³-hybridized carbons (Fsp3) is 0.944. The molecule has 4 unspecified atom stereocenters. The van der Waals surface area contributed by atoms with Gasteiger partial charge in [0.05, 0.1) is 6.07 Å². The van der Waals surface area contributed by atoms with Crippen molar-refractivity contribution in [3.8, 4) is 6.07 Å². The number of hydrogen-bond donors (Lipinski definition) is 1. The summed E-state index contributed by atoms with van der Waals surface area (Å²) in [5.41, 5.74) is -0.199. The zero-order valence-corrected chi connectivity index (χ0v) is 13.2. The van der Waals surface area contributed by atoms with Crippen LogP contribution >= 0.6 is 0 Å². The number of piperidine rings is 1. The van der Waals surface area contributed by atoms with Crippen LogP contribution in [0, 0.1) is 23.2 Å². The molecule has 1 saturated heterocycles. The minimum absolute atomic E-state index is 0.199. The maximum absolute atomic E-state index is 9.67. The SMILES string of the molecule is N#CC1(NC2CC2)CCC(N2CCC3CCCCC3C2)C1. The van der Waals surface area contributed by atoms with Crippen molar-refractivity contribution in [3.05, 3.63) is 0 Å². The Kier molecular flexibility index (Phi) is 3.71. The minimum atomic E-state index is -0.199. The van der Waals surface area contributed by atoms with Crippen molar-refractivity contribution >= 4 is 0 Å². The monoisotopic (exact) mass is 287 g/mol. The van der Waals surface area contributed by atoms with Gasteiger partial charge >= 0.3 is 0 Å². The smallest absolute Gasteiger partial charge is 0.108 e. The Morgan fingerprint density at radius 1 is 1.00 bits per heavy atom. The molecule has 116 valence electrons. The van der Waals surface area contributed by atoms with Crippen LogP contribution in [0.25, 0.3) is 0 Å². The lowest BCUT2D eigenvalue weighted by Crippen LogP contribution is -2.48. The number of fused-ring (bicyclic) bond motifs is 1. The van der Waals surface area contributed by atoms with Gasteiger partial charge in [-0.2, -0.15) is 5.26 Å². The Bertz CT molecular complexity index is 425. The molecular formula is C18H29N3. The van der Waals surface area contributed by atoms with E-state index >= 15 is 0 Å². The van der Waals surface area contributed by atoms with Crippen molar-refractivity contribution in [1.29, 1.82) is 5.26 Å². The van der Waals surface area contributed by atoms with Crippen LogP contribution in [0.4, 0.5) is 0 Å². The predicted octanol–water partition coefficient (Wildman–Crippen LogP) is 3.07. The molecule has 0 aromatic heterocycles. The molecule has 0 radical (unpaired) electrons. The van der Waals surface area contributed by atoms with Crippen LogP contribution < -0.4 is 5.32 Å². The van der Waals surface area contributed by atoms with E-state index in [9.17, 15) is 5.26 Å². The van der Waals surface area contributed by atoms with Gasteiger partial charge in [-0.25, -0.2) is 0 Å². The summed E-state index contributed by atoms with van der Waals surface area (Å²) in [7, 11) is 0. The molecule has 0 amide bonds. The maximum Gasteiger partial charge on any atom is 0.108 e. The Morgan fingerprint density at radius 3 is 2.57 bits per heavy atom. The zero-order valence-electron chi connectivity index (χ0n) is 13.2. The molecule has 3 saturated carbocycles. The van der Waals surface area contributed by atoms with E-state index in [0.717, 1.165) is 24.7 Å². The molecular weight excluding hydrogens is 258 g/mol. The van der Waals surface area contributed by atoms with Gasteiger partial charge in [-0.15, -0.1) is 0 Å². The van der Waals surface area contributed by atoms with Crippen LogP contribution in [0.1, 0.15) is 64.2 Å². The van der Waals surface area contributed by atoms with Gasteiger partial charge in [0.15, 0.2) is 0 Å². The van der Waals surface area contributed by atoms with E-state index in [1.165, 1.54) is 64.5 Å². The van der Waals surface area contributed by atoms with Crippen LogP contribution in [0.3, 0.4) is 0 Å². The van der Waals surface area contributed by atoms with Gasteiger partial charge in [-0.1, -0.05) is 19.3 Å². The summed E-state index contributed by atoms with van der Waals surface area (Å²) < 4.78 is 0. The van der Waals surface area contributed by atoms with E-state index in [1.54, 1.807) is 0 Å². The van der Waals surface area contributed by atoms with E-state index in [4.69, 9.17) is 0 Å². The van der Waals surface area contributed by atoms with Crippen LogP contribution in [0.2, 0.25) is 0 Å². The number of nitrogens with one attached hydrogen (secondary N) is 1. The highest BCUT2D eigenvalue weighted by atomic mass is 15.2. The van der Waals surface area contributed by atoms with Gasteiger partial charge in [-0.3, -0.25) is 10.2 Å². The molecule has 0 aromatic rings. The molecule has 21 heavy (non-hydrogen) atoms. The third kappa shape index (κ3) is 2.85. The highest BCUT2D eigenvalue weighted by Gasteiger charge is 2.45. The van der Waals surface area contributed by atoms with Crippen molar-refractivity contribution in [3.63, 3.8) is 0 Å². The van der Waals surface area contributed by atoms with Gasteiger partial charge in [0.2, 0.25) is 0 Å². The summed E-state index contributed by atoms with van der Waals surface area (Å²) >= 11 is 0. The lowest BCUT2D eigenvalue weighted by atomic mass is 9.75. The van der Waals surface area contributed by atoms with Gasteiger partial charge in [-0.05, 0) is 63.3 Å². The number of nitriles is 1. The molecule has 3 aliphatic carbocycles. The molecule has 4 fully saturated rings. The molecule has 1 N–H and O–H groups in total. The number of hydrogen-bond acceptors (Lipinski definition) is 3. The second kappa shape index (κ2) is 5.56. The minimum Gasteiger partial charge on any atom is -0.300 e. The fourth-order valence-corrected chi connectivity index (χ4v) is 5.18. The van der Waals surface area contributed by atoms with Crippen LogP contribution in [-0.2, 0) is 0 Å². The topological polar surface area (TPSA) is 39.1 Å². The molecule has 1 aliphatic heterocycles. The molecule has 4 atom stereocenters. The molecule has 3 heteroatoms. The molecule has 4 rings (SSSR count). The second-order valence-electron chi connectivity index (χ2n) is 8.10. The van der Waals surface area contributed by atoms with Gasteiger partial charge in [0.1, 0.15) is 5.54 Å². The summed E-state index contributed by atoms with van der Waals surface area (Å²) in [4.78, 5) is 2.75. The Balaban J connectivity index is 1.37. The number of likely N-dealkylation sites (tertiary alicyclic amines) is 1. The van der Waals surface area contributed by atoms with Crippen molar-refractivity contribution in [2.24, 2.45) is 11.8 Å². The number of rotatable bonds is 3. The Morgan fingerprint density at radius 2 is 1.81 bits per heavy atom. The molecule has 4 aliphatic rings. The van der Waals surface area contributed by atoms with Crippen LogP contribution in [-0.4, -0.2) is 35.6 Å². The molecule has 0 bridgehead atoms. The summed E-state index contributed by atoms with van der Waals surface area (Å²) in [5.74, 6) is 1.97. The standard InChI is InChI=1S/C18H29N3/c19-13-18(20-16-5-6-16)9-7-17(11-18)21-10-8-14-3-1-2-4-15(14)12-21/h14-17,20H,1-12H2. The first-order valence-corrected chi connectivity index (χ1v) is 9.21. The van der Waals surface area contributed by atoms with Crippen molar-refractivity contribution < 1.29 is 0 Å².